The van der Waals surface area contributed by atoms with Crippen LogP contribution in [0, 0.1) is 0 Å². The average Bonchev–Trinajstić information content (AvgIpc) is 2.73. The van der Waals surface area contributed by atoms with Crippen LogP contribution in [0.5, 0.6) is 5.75 Å². The maximum Gasteiger partial charge on any atom is 0.408 e. The van der Waals surface area contributed by atoms with E-state index in [0.717, 1.165) is 17.1 Å². The number of nitrogens with two attached hydrogens (primary N) is 2. The molecule has 0 aliphatic carbocycles. The van der Waals surface area contributed by atoms with Crippen molar-refractivity contribution in [1.82, 2.24) is 5.32 Å². The number of carbonyl (C=O) groups is 3. The highest BCUT2D eigenvalue weighted by Crippen LogP contribution is 2.25. The molecule has 0 fully saturated rings. The van der Waals surface area contributed by atoms with E-state index in [9.17, 15) is 14.4 Å². The van der Waals surface area contributed by atoms with E-state index < -0.39 is 23.7 Å². The van der Waals surface area contributed by atoms with Crippen molar-refractivity contribution in [3.05, 3.63) is 42.0 Å². The Bertz CT molecular complexity index is 981. The number of guanidine groups is 1. The Kier molecular flexibility index (Phi) is 10.6. The van der Waals surface area contributed by atoms with Crippen LogP contribution < -0.4 is 21.5 Å². The number of aldehydes is 1. The Balaban J connectivity index is 0.000000342. The van der Waals surface area contributed by atoms with Crippen molar-refractivity contribution >= 4 is 35.1 Å². The molecule has 2 rings (SSSR count). The van der Waals surface area contributed by atoms with E-state index in [2.05, 4.69) is 10.3 Å². The molecule has 10 heteroatoms. The number of alkyl carbamates (subject to hydrolysis) is 1. The summed E-state index contributed by atoms with van der Waals surface area (Å²) in [7, 11) is 1.57. The van der Waals surface area contributed by atoms with E-state index in [-0.39, 0.29) is 12.4 Å². The highest BCUT2D eigenvalue weighted by molar-refractivity contribution is 6.00. The number of carbonyl (C=O) groups excluding carboxylic acids is 2. The number of ether oxygens (including phenoxy) is 2. The molecule has 0 saturated carbocycles. The summed E-state index contributed by atoms with van der Waals surface area (Å²) in [5, 5.41) is 13.2. The van der Waals surface area contributed by atoms with Gasteiger partial charge in [0.05, 0.1) is 12.7 Å². The van der Waals surface area contributed by atoms with E-state index in [1.165, 1.54) is 0 Å². The number of carboxylic acids is 1. The average molecular weight is 461 g/mol. The van der Waals surface area contributed by atoms with Gasteiger partial charge in [-0.25, -0.2) is 9.59 Å². The molecule has 2 aromatic rings. The fourth-order valence-corrected chi connectivity index (χ4v) is 2.79. The number of methoxy groups -OCH3 is 1. The minimum Gasteiger partial charge on any atom is -0.496 e. The minimum atomic E-state index is -1.13. The van der Waals surface area contributed by atoms with Gasteiger partial charge in [-0.05, 0) is 50.5 Å². The highest BCUT2D eigenvalue weighted by atomic mass is 16.6. The molecular weight excluding hydrogens is 428 g/mol. The summed E-state index contributed by atoms with van der Waals surface area (Å²) >= 11 is 0. The van der Waals surface area contributed by atoms with Gasteiger partial charge in [0, 0.05) is 6.54 Å². The number of hydrogen-bond acceptors (Lipinski definition) is 6. The number of fused-ring (bicyclic) bond motifs is 1. The molecule has 0 unspecified atom stereocenters. The predicted molar refractivity (Wildman–Crippen MR) is 127 cm³/mol. The second-order valence-corrected chi connectivity index (χ2v) is 8.01. The molecule has 0 aliphatic heterocycles. The van der Waals surface area contributed by atoms with E-state index in [1.54, 1.807) is 27.9 Å². The third-order valence-electron chi connectivity index (χ3n) is 4.20. The molecule has 0 aromatic heterocycles. The summed E-state index contributed by atoms with van der Waals surface area (Å²) in [5.41, 5.74) is 10.2. The van der Waals surface area contributed by atoms with Gasteiger partial charge >= 0.3 is 12.1 Å². The van der Waals surface area contributed by atoms with Gasteiger partial charge in [-0.1, -0.05) is 30.3 Å². The lowest BCUT2D eigenvalue weighted by Crippen LogP contribution is -2.43. The summed E-state index contributed by atoms with van der Waals surface area (Å²) in [6, 6.07) is 10.5. The zero-order valence-corrected chi connectivity index (χ0v) is 19.3. The standard InChI is InChI=1S/C12H10O2.C11H22N4O4/c1-14-12-7-6-9-4-2-3-5-10(9)11(12)8-13;1-11(2,3)19-10(18)15-7(8(16)17)5-4-6-14-9(12)13/h2-8H,1H3;7H,4-6H2,1-3H3,(H,15,18)(H,16,17)(H4,12,13,14)/t;7-/m.1/s1. The van der Waals surface area contributed by atoms with Crippen LogP contribution in [0.3, 0.4) is 0 Å². The Morgan fingerprint density at radius 2 is 1.85 bits per heavy atom. The third-order valence-corrected chi connectivity index (χ3v) is 4.20. The van der Waals surface area contributed by atoms with Crippen LogP contribution in [-0.2, 0) is 9.53 Å². The molecule has 33 heavy (non-hydrogen) atoms. The number of aliphatic imine (C=N–C) groups is 1. The number of nitrogens with one attached hydrogen (secondary N) is 1. The number of nitrogens with zero attached hydrogens (tertiary/aromatic N) is 1. The van der Waals surface area contributed by atoms with Gasteiger partial charge in [-0.15, -0.1) is 0 Å². The smallest absolute Gasteiger partial charge is 0.408 e. The van der Waals surface area contributed by atoms with Crippen LogP contribution in [0.15, 0.2) is 41.4 Å². The van der Waals surface area contributed by atoms with Gasteiger partial charge in [0.2, 0.25) is 0 Å². The number of rotatable bonds is 8. The topological polar surface area (TPSA) is 166 Å². The summed E-state index contributed by atoms with van der Waals surface area (Å²) in [5.74, 6) is -0.554. The first kappa shape index (κ1) is 27.2. The Morgan fingerprint density at radius 1 is 1.18 bits per heavy atom. The van der Waals surface area contributed by atoms with Gasteiger partial charge in [-0.2, -0.15) is 0 Å². The monoisotopic (exact) mass is 460 g/mol. The number of amides is 1. The van der Waals surface area contributed by atoms with Gasteiger partial charge in [0.25, 0.3) is 0 Å². The normalized spacial score (nSPS) is 11.4. The van der Waals surface area contributed by atoms with Crippen LogP contribution in [0.25, 0.3) is 10.8 Å². The van der Waals surface area contributed by atoms with E-state index in [1.807, 2.05) is 36.4 Å². The molecule has 0 radical (unpaired) electrons. The SMILES string of the molecule is CC(C)(C)OC(=O)N[C@H](CCCN=C(N)N)C(=O)O.COc1ccc2ccccc2c1C=O. The number of carboxylic acid groups (broad SMARTS) is 1. The highest BCUT2D eigenvalue weighted by Gasteiger charge is 2.23. The fraction of sp³-hybridized carbons (Fsp3) is 0.391. The second kappa shape index (κ2) is 12.9. The van der Waals surface area contributed by atoms with Crippen molar-refractivity contribution in [3.63, 3.8) is 0 Å². The molecule has 180 valence electrons. The summed E-state index contributed by atoms with van der Waals surface area (Å²) in [4.78, 5) is 37.1. The fourth-order valence-electron chi connectivity index (χ4n) is 2.79. The first-order valence-corrected chi connectivity index (χ1v) is 10.3. The summed E-state index contributed by atoms with van der Waals surface area (Å²) < 4.78 is 10.1. The maximum absolute atomic E-state index is 11.5. The quantitative estimate of drug-likeness (QED) is 0.202. The van der Waals surface area contributed by atoms with Crippen molar-refractivity contribution in [2.75, 3.05) is 13.7 Å². The van der Waals surface area contributed by atoms with Crippen molar-refractivity contribution in [1.29, 1.82) is 0 Å². The van der Waals surface area contributed by atoms with Gasteiger partial charge in [-0.3, -0.25) is 9.79 Å². The number of benzene rings is 2. The summed E-state index contributed by atoms with van der Waals surface area (Å²) in [6.45, 7) is 5.39. The van der Waals surface area contributed by atoms with Crippen LogP contribution in [-0.4, -0.2) is 54.7 Å². The van der Waals surface area contributed by atoms with E-state index >= 15 is 0 Å². The van der Waals surface area contributed by atoms with Crippen LogP contribution in [0.4, 0.5) is 4.79 Å². The maximum atomic E-state index is 11.5. The molecule has 2 aromatic carbocycles. The first-order valence-electron chi connectivity index (χ1n) is 10.3. The number of aliphatic carboxylic acids is 1. The van der Waals surface area contributed by atoms with Gasteiger partial charge < -0.3 is 31.4 Å². The van der Waals surface area contributed by atoms with Crippen molar-refractivity contribution in [2.45, 2.75) is 45.3 Å². The molecule has 0 saturated heterocycles. The molecule has 6 N–H and O–H groups in total. The lowest BCUT2D eigenvalue weighted by molar-refractivity contribution is -0.139. The van der Waals surface area contributed by atoms with Crippen LogP contribution >= 0.6 is 0 Å². The van der Waals surface area contributed by atoms with Gasteiger partial charge in [0.1, 0.15) is 17.4 Å². The Hall–Kier alpha value is -3.82. The Labute approximate surface area is 192 Å². The van der Waals surface area contributed by atoms with Crippen LogP contribution in [0.2, 0.25) is 0 Å². The van der Waals surface area contributed by atoms with Crippen LogP contribution in [0.1, 0.15) is 44.0 Å². The van der Waals surface area contributed by atoms with E-state index in [0.29, 0.717) is 24.3 Å². The largest absolute Gasteiger partial charge is 0.496 e. The molecule has 10 nitrogen and oxygen atoms in total. The molecule has 1 atom stereocenters. The van der Waals surface area contributed by atoms with E-state index in [4.69, 9.17) is 26.0 Å². The third kappa shape index (κ3) is 9.90. The Morgan fingerprint density at radius 3 is 2.39 bits per heavy atom. The lowest BCUT2D eigenvalue weighted by atomic mass is 10.0. The molecular formula is C23H32N4O6. The van der Waals surface area contributed by atoms with Gasteiger partial charge in [0.15, 0.2) is 12.2 Å². The molecule has 0 bridgehead atoms. The number of hydrogen-bond donors (Lipinski definition) is 4. The molecule has 0 spiro atoms. The first-order chi connectivity index (χ1) is 15.5. The molecule has 1 amide bonds. The second-order valence-electron chi connectivity index (χ2n) is 8.01. The molecule has 0 heterocycles. The van der Waals surface area contributed by atoms with Crippen molar-refractivity contribution in [3.8, 4) is 5.75 Å². The minimum absolute atomic E-state index is 0.0491. The zero-order chi connectivity index (χ0) is 25.0. The van der Waals surface area contributed by atoms with Crippen molar-refractivity contribution < 1.29 is 29.0 Å². The summed E-state index contributed by atoms with van der Waals surface area (Å²) in [6.07, 6.45) is 0.721. The molecule has 0 aliphatic rings. The zero-order valence-electron chi connectivity index (χ0n) is 19.3. The predicted octanol–water partition coefficient (Wildman–Crippen LogP) is 2.68. The van der Waals surface area contributed by atoms with Crippen molar-refractivity contribution in [2.24, 2.45) is 16.5 Å². The lowest BCUT2D eigenvalue weighted by Gasteiger charge is -2.21.